The second-order valence-electron chi connectivity index (χ2n) is 19.0. The largest absolute Gasteiger partial charge is 1.00 e. The van der Waals surface area contributed by atoms with Crippen LogP contribution in [-0.4, -0.2) is 172 Å². The molecule has 4 unspecified atom stereocenters. The van der Waals surface area contributed by atoms with Crippen LogP contribution in [0.4, 0.5) is 114 Å². The lowest BCUT2D eigenvalue weighted by Crippen LogP contribution is -3.00. The van der Waals surface area contributed by atoms with Crippen LogP contribution in [0.2, 0.25) is 0 Å². The average molecular weight is 1260 g/mol. The number of nitrogens with one attached hydrogen (secondary N) is 2. The summed E-state index contributed by atoms with van der Waals surface area (Å²) in [6, 6.07) is 0. The molecule has 0 radical (unpaired) electrons. The zero-order valence-electron chi connectivity index (χ0n) is 40.2. The summed E-state index contributed by atoms with van der Waals surface area (Å²) in [6.45, 7) is -0.172. The minimum Gasteiger partial charge on any atom is -1.00 e. The van der Waals surface area contributed by atoms with Gasteiger partial charge in [-0.3, -0.25) is 0 Å². The molecule has 0 spiro atoms. The van der Waals surface area contributed by atoms with E-state index in [0.29, 0.717) is 17.4 Å². The first-order chi connectivity index (χ1) is 32.7. The number of carboxylic acids is 1. The van der Waals surface area contributed by atoms with Gasteiger partial charge in [-0.05, 0) is 38.5 Å². The highest BCUT2D eigenvalue weighted by molar-refractivity contribution is 7.89. The summed E-state index contributed by atoms with van der Waals surface area (Å²) < 4.78 is 391. The highest BCUT2D eigenvalue weighted by Gasteiger charge is 2.75. The number of carbonyl (C=O) groups excluding carboxylic acids is 1. The van der Waals surface area contributed by atoms with Gasteiger partial charge >= 0.3 is 49.4 Å². The van der Waals surface area contributed by atoms with Gasteiger partial charge in [-0.15, -0.1) is 0 Å². The zero-order chi connectivity index (χ0) is 60.3. The first-order valence-corrected chi connectivity index (χ1v) is 24.7. The van der Waals surface area contributed by atoms with Crippen molar-refractivity contribution in [3.05, 3.63) is 0 Å². The van der Waals surface area contributed by atoms with Crippen LogP contribution in [0.3, 0.4) is 0 Å². The predicted octanol–water partition coefficient (Wildman–Crippen LogP) is 7.27. The van der Waals surface area contributed by atoms with E-state index in [1.807, 2.05) is 4.72 Å². The van der Waals surface area contributed by atoms with Crippen molar-refractivity contribution >= 4 is 26.0 Å². The molecule has 0 amide bonds. The van der Waals surface area contributed by atoms with Crippen LogP contribution in [0, 0.1) is 23.7 Å². The van der Waals surface area contributed by atoms with Gasteiger partial charge in [-0.1, -0.05) is 7.43 Å². The van der Waals surface area contributed by atoms with Crippen molar-refractivity contribution in [2.24, 2.45) is 23.7 Å². The molecule has 39 heteroatoms. The summed E-state index contributed by atoms with van der Waals surface area (Å²) in [5, 5.41) is 10.6. The number of carboxylic acid groups (broad SMARTS) is 1. The molecule has 77 heavy (non-hydrogen) atoms. The Hall–Kier alpha value is -2.32. The fraction of sp³-hybridized carbons (Fsp3) is 0.974. The molecule has 0 aromatic carbocycles. The van der Waals surface area contributed by atoms with Crippen molar-refractivity contribution in [2.75, 3.05) is 79.5 Å². The fourth-order valence-corrected chi connectivity index (χ4v) is 9.07. The standard InChI is InChI=1S/C19H27F13N2O4S.C18H28F13N2O2S.CH4.ClH/c1-34(2,11-14(35)36)7-4-6-33-39(37,38)8-3-5-12(16(21,22)23)9-13(17(24,25)26)10-15(20,18(27,28)29)19(30,31)32;1-33(2,3)8-5-7-32-36(34,35)9-4-6-12(15(20,21)22)10-13(16(23,24)25)11-14(19,17(26,27)28)18(29,30)31;;/h12-13,33H,3-11H2,1-2H3;12-13,32H,4-11H2,1-3H3;1H4;1H/q;+1;;/p-1. The van der Waals surface area contributed by atoms with E-state index in [1.165, 1.54) is 14.1 Å². The zero-order valence-corrected chi connectivity index (χ0v) is 42.6. The summed E-state index contributed by atoms with van der Waals surface area (Å²) in [5.41, 5.74) is -12.9. The summed E-state index contributed by atoms with van der Waals surface area (Å²) in [6.07, 6.45) is -66.7. The quantitative estimate of drug-likeness (QED) is 0.0482. The molecule has 0 heterocycles. The van der Waals surface area contributed by atoms with E-state index in [0.717, 1.165) is 0 Å². The third kappa shape index (κ3) is 29.8. The van der Waals surface area contributed by atoms with E-state index in [-0.39, 0.29) is 50.4 Å². The summed E-state index contributed by atoms with van der Waals surface area (Å²) in [4.78, 5) is 10.6. The number of alkyl halides is 26. The van der Waals surface area contributed by atoms with Crippen LogP contribution in [0.1, 0.15) is 71.6 Å². The lowest BCUT2D eigenvalue weighted by Gasteiger charge is -2.35. The van der Waals surface area contributed by atoms with Gasteiger partial charge in [0, 0.05) is 38.8 Å². The van der Waals surface area contributed by atoms with Crippen LogP contribution >= 0.6 is 0 Å². The van der Waals surface area contributed by atoms with Crippen LogP contribution in [-0.2, 0) is 24.8 Å². The molecule has 468 valence electrons. The number of rotatable bonds is 28. The van der Waals surface area contributed by atoms with Crippen molar-refractivity contribution in [1.82, 2.24) is 9.44 Å². The van der Waals surface area contributed by atoms with E-state index in [9.17, 15) is 141 Å². The predicted molar refractivity (Wildman–Crippen MR) is 216 cm³/mol. The molecule has 2 N–H and O–H groups in total. The third-order valence-electron chi connectivity index (χ3n) is 10.9. The number of likely N-dealkylation sites (N-methyl/N-ethyl adjacent to an activating group) is 1. The molecule has 0 saturated heterocycles. The molecule has 0 fully saturated rings. The number of halogens is 27. The Labute approximate surface area is 432 Å². The maximum atomic E-state index is 13.9. The average Bonchev–Trinajstić information content (AvgIpc) is 3.12. The number of carbonyl (C=O) groups is 1. The van der Waals surface area contributed by atoms with Crippen molar-refractivity contribution in [2.45, 2.75) is 132 Å². The van der Waals surface area contributed by atoms with Crippen molar-refractivity contribution in [3.8, 4) is 0 Å². The van der Waals surface area contributed by atoms with Crippen LogP contribution in [0.15, 0.2) is 0 Å². The number of aliphatic carboxylic acids is 1. The van der Waals surface area contributed by atoms with Crippen LogP contribution < -0.4 is 27.0 Å². The molecule has 0 aromatic rings. The highest BCUT2D eigenvalue weighted by atomic mass is 35.5. The lowest BCUT2D eigenvalue weighted by molar-refractivity contribution is -0.884. The fourth-order valence-electron chi connectivity index (χ4n) is 6.77. The molecule has 4 atom stereocenters. The first-order valence-electron chi connectivity index (χ1n) is 21.3. The molecular weight excluding hydrogens is 1200 g/mol. The molecular formula is C38H59ClF26N4O6S2. The second kappa shape index (κ2) is 29.1. The van der Waals surface area contributed by atoms with Gasteiger partial charge in [0.2, 0.25) is 20.0 Å². The topological polar surface area (TPSA) is 132 Å². The van der Waals surface area contributed by atoms with Crippen LogP contribution in [0.25, 0.3) is 0 Å². The van der Waals surface area contributed by atoms with Gasteiger partial charge < -0.3 is 31.3 Å². The van der Waals surface area contributed by atoms with Gasteiger partial charge in [-0.25, -0.2) is 35.1 Å². The Morgan fingerprint density at radius 3 is 0.935 bits per heavy atom. The Morgan fingerprint density at radius 1 is 0.455 bits per heavy atom. The van der Waals surface area contributed by atoms with E-state index < -0.39 is 180 Å². The van der Waals surface area contributed by atoms with E-state index in [2.05, 4.69) is 4.72 Å². The molecule has 0 saturated carbocycles. The molecule has 10 nitrogen and oxygen atoms in total. The van der Waals surface area contributed by atoms with E-state index in [4.69, 9.17) is 0 Å². The number of quaternary nitrogens is 2. The van der Waals surface area contributed by atoms with Gasteiger partial charge in [0.1, 0.15) is 6.54 Å². The SMILES string of the molecule is C.C[N+](C)(C)CCCNS(=O)(=O)CCCC(CC(CC(F)(C(F)(F)F)C(F)(F)F)C(F)(F)F)C(F)(F)F.C[N+](C)(CCCNS(=O)(=O)CCCC(CC(CC(F)(C(F)(F)F)C(F)(F)F)C(F)(F)F)C(F)(F)F)CC(=O)[O-].[Cl-]. The van der Waals surface area contributed by atoms with Crippen molar-refractivity contribution in [1.29, 1.82) is 0 Å². The Bertz CT molecular complexity index is 1940. The molecule has 0 bridgehead atoms. The van der Waals surface area contributed by atoms with E-state index in [1.54, 1.807) is 21.1 Å². The van der Waals surface area contributed by atoms with E-state index >= 15 is 0 Å². The second-order valence-corrected chi connectivity index (χ2v) is 22.9. The summed E-state index contributed by atoms with van der Waals surface area (Å²) >= 11 is 0. The monoisotopic (exact) mass is 1260 g/mol. The number of nitrogens with zero attached hydrogens (tertiary/aromatic N) is 2. The molecule has 0 rings (SSSR count). The minimum absolute atomic E-state index is 0. The highest BCUT2D eigenvalue weighted by Crippen LogP contribution is 2.55. The van der Waals surface area contributed by atoms with Gasteiger partial charge in [0.05, 0.1) is 89.5 Å². The number of hydrogen-bond acceptors (Lipinski definition) is 6. The smallest absolute Gasteiger partial charge is 0.431 e. The third-order valence-corrected chi connectivity index (χ3v) is 13.9. The maximum absolute atomic E-state index is 13.9. The summed E-state index contributed by atoms with van der Waals surface area (Å²) in [7, 11) is -0.127. The normalized spacial score (nSPS) is 16.1. The van der Waals surface area contributed by atoms with Crippen LogP contribution in [0.5, 0.6) is 0 Å². The minimum atomic E-state index is -6.92. The Kier molecular flexibility index (Phi) is 30.7. The van der Waals surface area contributed by atoms with Gasteiger partial charge in [-0.2, -0.15) is 105 Å². The first kappa shape index (κ1) is 81.2. The van der Waals surface area contributed by atoms with Gasteiger partial charge in [0.25, 0.3) is 11.3 Å². The lowest BCUT2D eigenvalue weighted by atomic mass is 9.82. The number of sulfonamides is 2. The summed E-state index contributed by atoms with van der Waals surface area (Å²) in [5.74, 6) is -17.8. The number of hydrogen-bond donors (Lipinski definition) is 2. The van der Waals surface area contributed by atoms with Crippen molar-refractivity contribution < 1.29 is 162 Å². The molecule has 0 aromatic heterocycles. The molecule has 0 aliphatic heterocycles. The Balaban J connectivity index is -0.000000677. The van der Waals surface area contributed by atoms with Crippen molar-refractivity contribution in [3.63, 3.8) is 0 Å². The Morgan fingerprint density at radius 2 is 0.714 bits per heavy atom. The van der Waals surface area contributed by atoms with Gasteiger partial charge in [0.15, 0.2) is 0 Å². The molecule has 0 aliphatic carbocycles. The molecule has 0 aliphatic rings. The maximum Gasteiger partial charge on any atom is 0.431 e.